The highest BCUT2D eigenvalue weighted by atomic mass is 19.1. The largest absolute Gasteiger partial charge is 0.547 e. The number of pyridine rings is 1. The molecule has 0 spiro atoms. The molecular formula is C8H7FNO2-. The number of carbonyl (C=O) groups is 1. The van der Waals surface area contributed by atoms with E-state index in [-0.39, 0.29) is 5.56 Å². The lowest BCUT2D eigenvalue weighted by Gasteiger charge is -2.08. The summed E-state index contributed by atoms with van der Waals surface area (Å²) in [7, 11) is 0. The SMILES string of the molecule is Cc1ccc(C(F)C(=O)[O-])cn1. The molecule has 0 aliphatic carbocycles. The summed E-state index contributed by atoms with van der Waals surface area (Å²) in [5, 5.41) is 10.1. The third-order valence-corrected chi connectivity index (χ3v) is 1.43. The van der Waals surface area contributed by atoms with Crippen molar-refractivity contribution >= 4 is 5.97 Å². The smallest absolute Gasteiger partial charge is 0.166 e. The third kappa shape index (κ3) is 1.78. The molecule has 0 aliphatic rings. The Hall–Kier alpha value is -1.45. The zero-order valence-electron chi connectivity index (χ0n) is 6.45. The van der Waals surface area contributed by atoms with Crippen LogP contribution in [0.25, 0.3) is 0 Å². The summed E-state index contributed by atoms with van der Waals surface area (Å²) in [5.74, 6) is -1.74. The number of nitrogens with zero attached hydrogens (tertiary/aromatic N) is 1. The van der Waals surface area contributed by atoms with E-state index in [1.165, 1.54) is 12.3 Å². The minimum absolute atomic E-state index is 0.0144. The molecule has 0 N–H and O–H groups in total. The second-order valence-electron chi connectivity index (χ2n) is 2.41. The van der Waals surface area contributed by atoms with Crippen molar-refractivity contribution in [3.05, 3.63) is 29.6 Å². The summed E-state index contributed by atoms with van der Waals surface area (Å²) in [6, 6.07) is 2.92. The number of aryl methyl sites for hydroxylation is 1. The number of carboxylic acid groups (broad SMARTS) is 1. The Balaban J connectivity index is 2.89. The first kappa shape index (κ1) is 8.64. The van der Waals surface area contributed by atoms with E-state index < -0.39 is 12.1 Å². The lowest BCUT2D eigenvalue weighted by Crippen LogP contribution is -2.27. The highest BCUT2D eigenvalue weighted by Gasteiger charge is 2.09. The van der Waals surface area contributed by atoms with E-state index in [2.05, 4.69) is 4.98 Å². The molecule has 1 aromatic heterocycles. The number of halogens is 1. The number of carboxylic acids is 1. The molecule has 0 saturated heterocycles. The van der Waals surface area contributed by atoms with Crippen molar-refractivity contribution in [3.63, 3.8) is 0 Å². The van der Waals surface area contributed by atoms with Crippen molar-refractivity contribution in [1.29, 1.82) is 0 Å². The molecule has 3 nitrogen and oxygen atoms in total. The summed E-state index contributed by atoms with van der Waals surface area (Å²) in [6.45, 7) is 1.73. The van der Waals surface area contributed by atoms with Crippen molar-refractivity contribution in [2.24, 2.45) is 0 Å². The molecule has 1 heterocycles. The van der Waals surface area contributed by atoms with Gasteiger partial charge in [-0.3, -0.25) is 4.98 Å². The minimum atomic E-state index is -2.09. The van der Waals surface area contributed by atoms with Gasteiger partial charge < -0.3 is 9.90 Å². The zero-order chi connectivity index (χ0) is 9.14. The first-order chi connectivity index (χ1) is 5.61. The van der Waals surface area contributed by atoms with Crippen LogP contribution in [0.5, 0.6) is 0 Å². The molecule has 0 amide bonds. The normalized spacial score (nSPS) is 12.5. The molecule has 1 aromatic rings. The molecule has 0 bridgehead atoms. The van der Waals surface area contributed by atoms with E-state index in [1.807, 2.05) is 0 Å². The van der Waals surface area contributed by atoms with Gasteiger partial charge in [-0.05, 0) is 13.0 Å². The maximum Gasteiger partial charge on any atom is 0.166 e. The first-order valence-electron chi connectivity index (χ1n) is 3.38. The van der Waals surface area contributed by atoms with Gasteiger partial charge in [0.15, 0.2) is 6.17 Å². The number of aliphatic carboxylic acids is 1. The molecule has 1 unspecified atom stereocenters. The lowest BCUT2D eigenvalue weighted by molar-refractivity contribution is -0.312. The van der Waals surface area contributed by atoms with E-state index >= 15 is 0 Å². The molecule has 0 saturated carbocycles. The van der Waals surface area contributed by atoms with Gasteiger partial charge >= 0.3 is 0 Å². The Bertz CT molecular complexity index is 284. The molecular weight excluding hydrogens is 161 g/mol. The Labute approximate surface area is 68.9 Å². The Morgan fingerprint density at radius 3 is 2.75 bits per heavy atom. The van der Waals surface area contributed by atoms with E-state index in [1.54, 1.807) is 13.0 Å². The third-order valence-electron chi connectivity index (χ3n) is 1.43. The molecule has 0 fully saturated rings. The quantitative estimate of drug-likeness (QED) is 0.631. The van der Waals surface area contributed by atoms with Gasteiger partial charge in [0.2, 0.25) is 0 Å². The Kier molecular flexibility index (Phi) is 2.38. The Morgan fingerprint density at radius 1 is 1.67 bits per heavy atom. The highest BCUT2D eigenvalue weighted by molar-refractivity contribution is 5.71. The molecule has 0 radical (unpaired) electrons. The van der Waals surface area contributed by atoms with Crippen LogP contribution in [0.2, 0.25) is 0 Å². The molecule has 12 heavy (non-hydrogen) atoms. The zero-order valence-corrected chi connectivity index (χ0v) is 6.45. The minimum Gasteiger partial charge on any atom is -0.547 e. The Morgan fingerprint density at radius 2 is 2.33 bits per heavy atom. The number of aromatic nitrogens is 1. The van der Waals surface area contributed by atoms with E-state index in [0.29, 0.717) is 5.69 Å². The summed E-state index contributed by atoms with van der Waals surface area (Å²) < 4.78 is 12.7. The molecule has 1 atom stereocenters. The predicted molar refractivity (Wildman–Crippen MR) is 37.8 cm³/mol. The topological polar surface area (TPSA) is 53.0 Å². The second kappa shape index (κ2) is 3.30. The first-order valence-corrected chi connectivity index (χ1v) is 3.38. The number of rotatable bonds is 2. The summed E-state index contributed by atoms with van der Waals surface area (Å²) in [5.41, 5.74) is 0.727. The van der Waals surface area contributed by atoms with Crippen LogP contribution in [0.1, 0.15) is 17.4 Å². The summed E-state index contributed by atoms with van der Waals surface area (Å²) in [4.78, 5) is 13.8. The van der Waals surface area contributed by atoms with E-state index in [0.717, 1.165) is 0 Å². The fourth-order valence-corrected chi connectivity index (χ4v) is 0.765. The average Bonchev–Trinajstić information content (AvgIpc) is 2.04. The van der Waals surface area contributed by atoms with Gasteiger partial charge in [0.05, 0.1) is 5.97 Å². The highest BCUT2D eigenvalue weighted by Crippen LogP contribution is 2.14. The van der Waals surface area contributed by atoms with Crippen molar-refractivity contribution in [3.8, 4) is 0 Å². The van der Waals surface area contributed by atoms with Gasteiger partial charge in [0.25, 0.3) is 0 Å². The van der Waals surface area contributed by atoms with Crippen LogP contribution in [0.15, 0.2) is 18.3 Å². The van der Waals surface area contributed by atoms with Gasteiger partial charge in [-0.2, -0.15) is 0 Å². The molecule has 0 aromatic carbocycles. The standard InChI is InChI=1S/C8H8FNO2/c1-5-2-3-6(4-10-5)7(9)8(11)12/h2-4,7H,1H3,(H,11,12)/p-1. The van der Waals surface area contributed by atoms with Crippen molar-refractivity contribution in [2.45, 2.75) is 13.1 Å². The van der Waals surface area contributed by atoms with Crippen molar-refractivity contribution in [2.75, 3.05) is 0 Å². The average molecular weight is 168 g/mol. The number of hydrogen-bond acceptors (Lipinski definition) is 3. The molecule has 0 aliphatic heterocycles. The molecule has 64 valence electrons. The van der Waals surface area contributed by atoms with Crippen LogP contribution in [0.4, 0.5) is 4.39 Å². The summed E-state index contributed by atoms with van der Waals surface area (Å²) >= 11 is 0. The summed E-state index contributed by atoms with van der Waals surface area (Å²) in [6.07, 6.45) is -0.895. The van der Waals surface area contributed by atoms with Gasteiger partial charge in [0, 0.05) is 17.5 Å². The van der Waals surface area contributed by atoms with Crippen LogP contribution >= 0.6 is 0 Å². The van der Waals surface area contributed by atoms with Crippen LogP contribution in [0.3, 0.4) is 0 Å². The van der Waals surface area contributed by atoms with E-state index in [4.69, 9.17) is 0 Å². The lowest BCUT2D eigenvalue weighted by atomic mass is 10.2. The number of hydrogen-bond donors (Lipinski definition) is 0. The van der Waals surface area contributed by atoms with Gasteiger partial charge in [-0.25, -0.2) is 4.39 Å². The predicted octanol–water partition coefficient (Wildman–Crippen LogP) is 0.151. The fraction of sp³-hybridized carbons (Fsp3) is 0.250. The number of carbonyl (C=O) groups excluding carboxylic acids is 1. The van der Waals surface area contributed by atoms with Crippen molar-refractivity contribution < 1.29 is 14.3 Å². The van der Waals surface area contributed by atoms with Crippen LogP contribution < -0.4 is 5.11 Å². The fourth-order valence-electron chi connectivity index (χ4n) is 0.765. The number of alkyl halides is 1. The van der Waals surface area contributed by atoms with Gasteiger partial charge in [-0.1, -0.05) is 6.07 Å². The molecule has 1 rings (SSSR count). The maximum absolute atomic E-state index is 12.7. The second-order valence-corrected chi connectivity index (χ2v) is 2.41. The van der Waals surface area contributed by atoms with Gasteiger partial charge in [0.1, 0.15) is 0 Å². The van der Waals surface area contributed by atoms with Crippen LogP contribution in [0, 0.1) is 6.92 Å². The van der Waals surface area contributed by atoms with Crippen LogP contribution in [-0.2, 0) is 4.79 Å². The maximum atomic E-state index is 12.7. The van der Waals surface area contributed by atoms with E-state index in [9.17, 15) is 14.3 Å². The monoisotopic (exact) mass is 168 g/mol. The molecule has 4 heteroatoms. The van der Waals surface area contributed by atoms with Crippen LogP contribution in [-0.4, -0.2) is 11.0 Å². The van der Waals surface area contributed by atoms with Crippen molar-refractivity contribution in [1.82, 2.24) is 4.98 Å². The van der Waals surface area contributed by atoms with Gasteiger partial charge in [-0.15, -0.1) is 0 Å².